The molecule has 5 rings (SSSR count). The van der Waals surface area contributed by atoms with Crippen molar-refractivity contribution in [1.29, 1.82) is 0 Å². The molecule has 160 valence electrons. The zero-order valence-corrected chi connectivity index (χ0v) is 17.1. The van der Waals surface area contributed by atoms with Gasteiger partial charge in [-0.3, -0.25) is 9.78 Å². The molecule has 2 aliphatic heterocycles. The number of carbonyl (C=O) groups excluding carboxylic acids is 1. The Morgan fingerprint density at radius 2 is 1.81 bits per heavy atom. The first-order chi connectivity index (χ1) is 15.2. The van der Waals surface area contributed by atoms with Crippen LogP contribution in [0.4, 0.5) is 0 Å². The number of likely N-dealkylation sites (tertiary alicyclic amines) is 1. The second-order valence-electron chi connectivity index (χ2n) is 7.71. The number of carbonyl (C=O) groups is 1. The lowest BCUT2D eigenvalue weighted by Crippen LogP contribution is -2.33. The van der Waals surface area contributed by atoms with E-state index in [9.17, 15) is 4.79 Å². The van der Waals surface area contributed by atoms with Gasteiger partial charge >= 0.3 is 0 Å². The highest BCUT2D eigenvalue weighted by atomic mass is 16.6. The molecule has 0 saturated carbocycles. The van der Waals surface area contributed by atoms with Crippen LogP contribution in [0.3, 0.4) is 0 Å². The van der Waals surface area contributed by atoms with Gasteiger partial charge in [-0.1, -0.05) is 23.4 Å². The molecule has 2 atom stereocenters. The van der Waals surface area contributed by atoms with Crippen LogP contribution in [0.25, 0.3) is 5.69 Å². The Morgan fingerprint density at radius 1 is 1.06 bits per heavy atom. The fourth-order valence-corrected chi connectivity index (χ4v) is 3.76. The van der Waals surface area contributed by atoms with Gasteiger partial charge in [0.25, 0.3) is 5.91 Å². The summed E-state index contributed by atoms with van der Waals surface area (Å²) in [5, 5.41) is 8.13. The second kappa shape index (κ2) is 8.44. The fraction of sp³-hybridized carbons (Fsp3) is 0.364. The zero-order chi connectivity index (χ0) is 21.2. The van der Waals surface area contributed by atoms with Crippen molar-refractivity contribution in [3.8, 4) is 11.4 Å². The summed E-state index contributed by atoms with van der Waals surface area (Å²) >= 11 is 0. The van der Waals surface area contributed by atoms with Crippen LogP contribution >= 0.6 is 0 Å². The van der Waals surface area contributed by atoms with Crippen LogP contribution in [0, 0.1) is 6.92 Å². The summed E-state index contributed by atoms with van der Waals surface area (Å²) in [4.78, 5) is 18.9. The average molecular weight is 421 g/mol. The van der Waals surface area contributed by atoms with Gasteiger partial charge in [0, 0.05) is 18.8 Å². The Balaban J connectivity index is 1.19. The van der Waals surface area contributed by atoms with Crippen LogP contribution < -0.4 is 4.74 Å². The molecule has 4 heterocycles. The number of hydrogen-bond donors (Lipinski definition) is 0. The third kappa shape index (κ3) is 4.28. The molecule has 0 spiro atoms. The summed E-state index contributed by atoms with van der Waals surface area (Å²) in [6.07, 6.45) is 2.73. The number of nitrogens with zero attached hydrogens (tertiary/aromatic N) is 5. The van der Waals surface area contributed by atoms with Gasteiger partial charge in [-0.25, -0.2) is 4.68 Å². The van der Waals surface area contributed by atoms with E-state index in [0.717, 1.165) is 11.4 Å². The minimum Gasteiger partial charge on any atom is -0.484 e. The fourth-order valence-electron chi connectivity index (χ4n) is 3.76. The average Bonchev–Trinajstić information content (AvgIpc) is 3.41. The van der Waals surface area contributed by atoms with Crippen molar-refractivity contribution in [1.82, 2.24) is 24.9 Å². The van der Waals surface area contributed by atoms with Crippen LogP contribution in [0.5, 0.6) is 5.75 Å². The summed E-state index contributed by atoms with van der Waals surface area (Å²) in [6.45, 7) is 3.60. The lowest BCUT2D eigenvalue weighted by atomic mass is 10.3. The van der Waals surface area contributed by atoms with E-state index < -0.39 is 0 Å². The van der Waals surface area contributed by atoms with E-state index in [4.69, 9.17) is 14.2 Å². The van der Waals surface area contributed by atoms with Crippen molar-refractivity contribution in [3.05, 3.63) is 66.2 Å². The van der Waals surface area contributed by atoms with Crippen molar-refractivity contribution < 1.29 is 19.0 Å². The standard InChI is InChI=1S/C22H23N5O4/c1-15-7-8-17(9-23-15)31-18-13-29-20-11-26(12-21(20)30-14-18)22(28)19-10-27(25-24-19)16-5-3-2-4-6-16/h2-10,18,20-21H,11-14H2,1H3/t20-,21-/m0/s1. The van der Waals surface area contributed by atoms with Crippen molar-refractivity contribution >= 4 is 5.91 Å². The summed E-state index contributed by atoms with van der Waals surface area (Å²) in [5.74, 6) is 0.508. The van der Waals surface area contributed by atoms with E-state index in [2.05, 4.69) is 15.3 Å². The molecule has 3 aromatic rings. The lowest BCUT2D eigenvalue weighted by Gasteiger charge is -2.19. The van der Waals surface area contributed by atoms with Gasteiger partial charge in [0.05, 0.1) is 31.3 Å². The van der Waals surface area contributed by atoms with E-state index in [1.54, 1.807) is 22.0 Å². The minimum atomic E-state index is -0.218. The van der Waals surface area contributed by atoms with E-state index in [1.165, 1.54) is 0 Å². The summed E-state index contributed by atoms with van der Waals surface area (Å²) in [5.41, 5.74) is 2.08. The van der Waals surface area contributed by atoms with Crippen LogP contribution in [0.2, 0.25) is 0 Å². The Bertz CT molecular complexity index is 1020. The molecule has 9 heteroatoms. The maximum atomic E-state index is 12.9. The maximum Gasteiger partial charge on any atom is 0.276 e. The molecule has 0 aliphatic carbocycles. The Morgan fingerprint density at radius 3 is 2.48 bits per heavy atom. The van der Waals surface area contributed by atoms with E-state index in [-0.39, 0.29) is 24.2 Å². The molecule has 9 nitrogen and oxygen atoms in total. The second-order valence-corrected chi connectivity index (χ2v) is 7.71. The molecule has 0 bridgehead atoms. The van der Waals surface area contributed by atoms with E-state index in [0.29, 0.717) is 37.7 Å². The first-order valence-corrected chi connectivity index (χ1v) is 10.3. The quantitative estimate of drug-likeness (QED) is 0.633. The molecule has 1 aromatic carbocycles. The number of ether oxygens (including phenoxy) is 3. The number of aryl methyl sites for hydroxylation is 1. The monoisotopic (exact) mass is 421 g/mol. The van der Waals surface area contributed by atoms with Crippen LogP contribution in [0.15, 0.2) is 54.9 Å². The number of hydrogen-bond acceptors (Lipinski definition) is 7. The van der Waals surface area contributed by atoms with Crippen LogP contribution in [0.1, 0.15) is 16.2 Å². The predicted octanol–water partition coefficient (Wildman–Crippen LogP) is 1.66. The predicted molar refractivity (Wildman–Crippen MR) is 110 cm³/mol. The highest BCUT2D eigenvalue weighted by molar-refractivity contribution is 5.92. The largest absolute Gasteiger partial charge is 0.484 e. The third-order valence-corrected chi connectivity index (χ3v) is 5.42. The van der Waals surface area contributed by atoms with Crippen LogP contribution in [-0.2, 0) is 9.47 Å². The van der Waals surface area contributed by atoms with Gasteiger partial charge in [0.15, 0.2) is 5.69 Å². The van der Waals surface area contributed by atoms with Crippen molar-refractivity contribution in [2.75, 3.05) is 26.3 Å². The van der Waals surface area contributed by atoms with Gasteiger partial charge < -0.3 is 19.1 Å². The van der Waals surface area contributed by atoms with Crippen molar-refractivity contribution in [3.63, 3.8) is 0 Å². The first kappa shape index (κ1) is 19.7. The number of pyridine rings is 1. The molecular weight excluding hydrogens is 398 g/mol. The normalized spacial score (nSPS) is 21.5. The Labute approximate surface area is 179 Å². The summed E-state index contributed by atoms with van der Waals surface area (Å²) in [7, 11) is 0. The molecule has 2 saturated heterocycles. The van der Waals surface area contributed by atoms with Crippen molar-refractivity contribution in [2.45, 2.75) is 25.2 Å². The van der Waals surface area contributed by atoms with Gasteiger partial charge in [0.1, 0.15) is 24.1 Å². The number of para-hydroxylation sites is 1. The van der Waals surface area contributed by atoms with Gasteiger partial charge in [-0.2, -0.15) is 0 Å². The van der Waals surface area contributed by atoms with Gasteiger partial charge in [-0.15, -0.1) is 5.10 Å². The Kier molecular flexibility index (Phi) is 5.35. The summed E-state index contributed by atoms with van der Waals surface area (Å²) in [6, 6.07) is 13.3. The molecule has 31 heavy (non-hydrogen) atoms. The highest BCUT2D eigenvalue weighted by Gasteiger charge is 2.40. The van der Waals surface area contributed by atoms with Crippen molar-refractivity contribution in [2.24, 2.45) is 0 Å². The van der Waals surface area contributed by atoms with Gasteiger partial charge in [0.2, 0.25) is 0 Å². The molecule has 1 amide bonds. The van der Waals surface area contributed by atoms with Crippen LogP contribution in [-0.4, -0.2) is 75.4 Å². The SMILES string of the molecule is Cc1ccc(OC2CO[C@H]3CN(C(=O)c4cn(-c5ccccc5)nn4)C[C@@H]3OC2)cn1. The molecule has 0 N–H and O–H groups in total. The highest BCUT2D eigenvalue weighted by Crippen LogP contribution is 2.23. The minimum absolute atomic E-state index is 0.180. The number of aromatic nitrogens is 4. The molecule has 2 fully saturated rings. The number of fused-ring (bicyclic) bond motifs is 1. The Hall–Kier alpha value is -3.30. The molecule has 0 radical (unpaired) electrons. The number of benzene rings is 1. The smallest absolute Gasteiger partial charge is 0.276 e. The van der Waals surface area contributed by atoms with E-state index >= 15 is 0 Å². The first-order valence-electron chi connectivity index (χ1n) is 10.3. The molecular formula is C22H23N5O4. The lowest BCUT2D eigenvalue weighted by molar-refractivity contribution is -0.00461. The molecule has 2 aliphatic rings. The van der Waals surface area contributed by atoms with E-state index in [1.807, 2.05) is 49.4 Å². The molecule has 0 unspecified atom stereocenters. The molecule has 2 aromatic heterocycles. The zero-order valence-electron chi connectivity index (χ0n) is 17.1. The summed E-state index contributed by atoms with van der Waals surface area (Å²) < 4.78 is 19.6. The topological polar surface area (TPSA) is 91.6 Å². The number of rotatable bonds is 4. The maximum absolute atomic E-state index is 12.9. The number of amides is 1. The third-order valence-electron chi connectivity index (χ3n) is 5.42. The van der Waals surface area contributed by atoms with Gasteiger partial charge in [-0.05, 0) is 31.2 Å².